The van der Waals surface area contributed by atoms with Crippen molar-refractivity contribution in [2.45, 2.75) is 16.7 Å². The zero-order chi connectivity index (χ0) is 19.8. The maximum atomic E-state index is 12.8. The number of aryl methyl sites for hydroxylation is 1. The summed E-state index contributed by atoms with van der Waals surface area (Å²) in [5, 5.41) is 11.1. The van der Waals surface area contributed by atoms with Gasteiger partial charge in [-0.05, 0) is 25.1 Å². The van der Waals surface area contributed by atoms with Crippen molar-refractivity contribution in [1.82, 2.24) is 8.61 Å². The third-order valence-electron chi connectivity index (χ3n) is 4.25. The molecule has 144 valence electrons. The van der Waals surface area contributed by atoms with Crippen molar-refractivity contribution in [3.8, 4) is 0 Å². The van der Waals surface area contributed by atoms with E-state index in [9.17, 15) is 26.9 Å². The Balaban J connectivity index is 1.90. The summed E-state index contributed by atoms with van der Waals surface area (Å²) < 4.78 is 53.1. The number of hydrogen-bond donors (Lipinski definition) is 0. The first-order valence-electron chi connectivity index (χ1n) is 7.94. The van der Waals surface area contributed by atoms with Crippen molar-refractivity contribution in [2.24, 2.45) is 0 Å². The molecular formula is C16H17N3O6S2. The summed E-state index contributed by atoms with van der Waals surface area (Å²) in [5.41, 5.74) is 0.355. The van der Waals surface area contributed by atoms with Crippen LogP contribution in [0.4, 0.5) is 5.69 Å². The lowest BCUT2D eigenvalue weighted by molar-refractivity contribution is -0.387. The van der Waals surface area contributed by atoms with Crippen molar-refractivity contribution < 1.29 is 21.8 Å². The minimum Gasteiger partial charge on any atom is -0.258 e. The van der Waals surface area contributed by atoms with E-state index in [2.05, 4.69) is 0 Å². The monoisotopic (exact) mass is 411 g/mol. The highest BCUT2D eigenvalue weighted by molar-refractivity contribution is 7.90. The molecule has 1 fully saturated rings. The number of nitro groups is 1. The van der Waals surface area contributed by atoms with Crippen LogP contribution in [0.5, 0.6) is 0 Å². The number of rotatable bonds is 5. The lowest BCUT2D eigenvalue weighted by Gasteiger charge is -2.18. The molecule has 1 saturated heterocycles. The van der Waals surface area contributed by atoms with Gasteiger partial charge in [-0.1, -0.05) is 29.8 Å². The number of benzene rings is 2. The normalized spacial score (nSPS) is 16.5. The van der Waals surface area contributed by atoms with Gasteiger partial charge < -0.3 is 0 Å². The van der Waals surface area contributed by atoms with Crippen LogP contribution in [-0.4, -0.2) is 50.1 Å². The van der Waals surface area contributed by atoms with E-state index in [-0.39, 0.29) is 18.0 Å². The quantitative estimate of drug-likeness (QED) is 0.544. The van der Waals surface area contributed by atoms with E-state index in [1.54, 1.807) is 12.1 Å². The molecule has 0 unspecified atom stereocenters. The molecule has 0 atom stereocenters. The van der Waals surface area contributed by atoms with Crippen LogP contribution in [0.1, 0.15) is 5.56 Å². The van der Waals surface area contributed by atoms with E-state index in [0.717, 1.165) is 26.3 Å². The molecule has 1 aliphatic rings. The predicted molar refractivity (Wildman–Crippen MR) is 96.9 cm³/mol. The fourth-order valence-corrected chi connectivity index (χ4v) is 5.77. The molecule has 2 aromatic carbocycles. The van der Waals surface area contributed by atoms with Gasteiger partial charge in [-0.2, -0.15) is 8.61 Å². The van der Waals surface area contributed by atoms with Crippen LogP contribution in [-0.2, 0) is 20.0 Å². The molecule has 0 bridgehead atoms. The fraction of sp³-hybridized carbons (Fsp3) is 0.250. The molecule has 2 aromatic rings. The molecule has 0 aliphatic carbocycles. The second-order valence-corrected chi connectivity index (χ2v) is 9.88. The average molecular weight is 411 g/mol. The van der Waals surface area contributed by atoms with Crippen LogP contribution in [0.2, 0.25) is 0 Å². The Labute approximate surface area is 157 Å². The van der Waals surface area contributed by atoms with Crippen LogP contribution in [0, 0.1) is 17.0 Å². The minimum atomic E-state index is -4.21. The molecule has 0 amide bonds. The second kappa shape index (κ2) is 7.00. The predicted octanol–water partition coefficient (Wildman–Crippen LogP) is 1.56. The first-order valence-corrected chi connectivity index (χ1v) is 10.8. The number of sulfonamides is 2. The highest BCUT2D eigenvalue weighted by Crippen LogP contribution is 2.29. The molecule has 0 aromatic heterocycles. The second-order valence-electron chi connectivity index (χ2n) is 6.04. The van der Waals surface area contributed by atoms with Gasteiger partial charge in [0.05, 0.1) is 16.5 Å². The Morgan fingerprint density at radius 1 is 0.889 bits per heavy atom. The Hall–Kier alpha value is -2.34. The molecule has 0 saturated carbocycles. The van der Waals surface area contributed by atoms with Gasteiger partial charge in [0.2, 0.25) is 10.0 Å². The summed E-state index contributed by atoms with van der Waals surface area (Å²) in [7, 11) is -8.07. The van der Waals surface area contributed by atoms with Crippen LogP contribution in [0.3, 0.4) is 0 Å². The molecular weight excluding hydrogens is 394 g/mol. The van der Waals surface area contributed by atoms with Crippen molar-refractivity contribution in [3.05, 3.63) is 64.2 Å². The Morgan fingerprint density at radius 2 is 1.44 bits per heavy atom. The fourth-order valence-electron chi connectivity index (χ4n) is 2.76. The highest BCUT2D eigenvalue weighted by atomic mass is 32.2. The topological polar surface area (TPSA) is 118 Å². The van der Waals surface area contributed by atoms with Crippen LogP contribution in [0.15, 0.2) is 58.3 Å². The summed E-state index contributed by atoms with van der Waals surface area (Å²) in [6.45, 7) is 1.31. The van der Waals surface area contributed by atoms with Gasteiger partial charge >= 0.3 is 0 Å². The Kier molecular flexibility index (Phi) is 5.04. The molecule has 1 heterocycles. The third-order valence-corrected chi connectivity index (χ3v) is 7.98. The van der Waals surface area contributed by atoms with Gasteiger partial charge in [0.1, 0.15) is 0 Å². The molecule has 1 aliphatic heterocycles. The summed E-state index contributed by atoms with van der Waals surface area (Å²) in [6, 6.07) is 11.2. The zero-order valence-corrected chi connectivity index (χ0v) is 16.0. The Morgan fingerprint density at radius 3 is 2.04 bits per heavy atom. The van der Waals surface area contributed by atoms with Gasteiger partial charge in [0.25, 0.3) is 15.7 Å². The summed E-state index contributed by atoms with van der Waals surface area (Å²) in [5.74, 6) is 0. The summed E-state index contributed by atoms with van der Waals surface area (Å²) in [6.07, 6.45) is 0. The zero-order valence-electron chi connectivity index (χ0n) is 14.3. The SMILES string of the molecule is Cc1ccc(S(=O)(=O)N2CCN(S(=O)(=O)c3ccccc3[N+](=O)[O-])C2)cc1. The highest BCUT2D eigenvalue weighted by Gasteiger charge is 2.39. The molecule has 3 rings (SSSR count). The van der Waals surface area contributed by atoms with Gasteiger partial charge in [0, 0.05) is 19.2 Å². The van der Waals surface area contributed by atoms with Crippen molar-refractivity contribution in [3.63, 3.8) is 0 Å². The maximum Gasteiger partial charge on any atom is 0.289 e. The average Bonchev–Trinajstić information content (AvgIpc) is 3.14. The van der Waals surface area contributed by atoms with Crippen LogP contribution in [0.25, 0.3) is 0 Å². The van der Waals surface area contributed by atoms with E-state index in [0.29, 0.717) is 0 Å². The van der Waals surface area contributed by atoms with E-state index < -0.39 is 42.2 Å². The van der Waals surface area contributed by atoms with Crippen molar-refractivity contribution in [2.75, 3.05) is 19.8 Å². The van der Waals surface area contributed by atoms with Gasteiger partial charge in [0.15, 0.2) is 4.90 Å². The molecule has 11 heteroatoms. The standard InChI is InChI=1S/C16H17N3O6S2/c1-13-6-8-14(9-7-13)26(22,23)17-10-11-18(12-17)27(24,25)16-5-3-2-4-15(16)19(20)21/h2-9H,10-12H2,1H3. The van der Waals surface area contributed by atoms with Gasteiger partial charge in [-0.15, -0.1) is 0 Å². The molecule has 0 radical (unpaired) electrons. The van der Waals surface area contributed by atoms with Crippen LogP contribution >= 0.6 is 0 Å². The summed E-state index contributed by atoms with van der Waals surface area (Å²) in [4.78, 5) is 9.98. The Bertz CT molecular complexity index is 1080. The lowest BCUT2D eigenvalue weighted by atomic mass is 10.2. The first kappa shape index (κ1) is 19.4. The molecule has 27 heavy (non-hydrogen) atoms. The lowest BCUT2D eigenvalue weighted by Crippen LogP contribution is -2.34. The molecule has 9 nitrogen and oxygen atoms in total. The largest absolute Gasteiger partial charge is 0.289 e. The van der Waals surface area contributed by atoms with E-state index >= 15 is 0 Å². The van der Waals surface area contributed by atoms with Gasteiger partial charge in [-0.25, -0.2) is 16.8 Å². The van der Waals surface area contributed by atoms with Crippen LogP contribution < -0.4 is 0 Å². The van der Waals surface area contributed by atoms with E-state index in [1.165, 1.54) is 24.3 Å². The number of para-hydroxylation sites is 1. The maximum absolute atomic E-state index is 12.8. The number of nitrogens with zero attached hydrogens (tertiary/aromatic N) is 3. The number of nitro benzene ring substituents is 1. The van der Waals surface area contributed by atoms with E-state index in [4.69, 9.17) is 0 Å². The molecule has 0 N–H and O–H groups in total. The van der Waals surface area contributed by atoms with Crippen molar-refractivity contribution >= 4 is 25.7 Å². The summed E-state index contributed by atoms with van der Waals surface area (Å²) >= 11 is 0. The third kappa shape index (κ3) is 3.58. The smallest absolute Gasteiger partial charge is 0.258 e. The number of hydrogen-bond acceptors (Lipinski definition) is 6. The van der Waals surface area contributed by atoms with Crippen molar-refractivity contribution in [1.29, 1.82) is 0 Å². The minimum absolute atomic E-state index is 0.0317. The van der Waals surface area contributed by atoms with Gasteiger partial charge in [-0.3, -0.25) is 10.1 Å². The van der Waals surface area contributed by atoms with E-state index in [1.807, 2.05) is 6.92 Å². The molecule has 0 spiro atoms. The first-order chi connectivity index (χ1) is 12.6.